The Bertz CT molecular complexity index is 1340. The van der Waals surface area contributed by atoms with E-state index in [-0.39, 0.29) is 12.5 Å². The van der Waals surface area contributed by atoms with Crippen molar-refractivity contribution >= 4 is 45.1 Å². The van der Waals surface area contributed by atoms with Crippen LogP contribution in [0.3, 0.4) is 0 Å². The van der Waals surface area contributed by atoms with Crippen molar-refractivity contribution in [3.8, 4) is 0 Å². The molecule has 33 heavy (non-hydrogen) atoms. The Morgan fingerprint density at radius 3 is 2.61 bits per heavy atom. The average Bonchev–Trinajstić information content (AvgIpc) is 3.20. The Kier molecular flexibility index (Phi) is 5.51. The van der Waals surface area contributed by atoms with Gasteiger partial charge in [-0.05, 0) is 38.1 Å². The van der Waals surface area contributed by atoms with Crippen LogP contribution >= 0.6 is 0 Å². The van der Waals surface area contributed by atoms with Gasteiger partial charge in [-0.25, -0.2) is 9.97 Å². The van der Waals surface area contributed by atoms with E-state index < -0.39 is 0 Å². The molecule has 0 radical (unpaired) electrons. The van der Waals surface area contributed by atoms with Gasteiger partial charge in [-0.2, -0.15) is 0 Å². The Morgan fingerprint density at radius 2 is 1.88 bits per heavy atom. The second-order valence-corrected chi connectivity index (χ2v) is 8.65. The lowest BCUT2D eigenvalue weighted by Gasteiger charge is -2.37. The van der Waals surface area contributed by atoms with Crippen molar-refractivity contribution in [2.75, 3.05) is 43.5 Å². The fourth-order valence-corrected chi connectivity index (χ4v) is 4.85. The average molecular weight is 448 g/mol. The maximum atomic E-state index is 13.0. The highest BCUT2D eigenvalue weighted by atomic mass is 16.3. The molecule has 1 aliphatic heterocycles. The van der Waals surface area contributed by atoms with Crippen LogP contribution in [0.1, 0.15) is 24.2 Å². The second-order valence-electron chi connectivity index (χ2n) is 8.65. The van der Waals surface area contributed by atoms with E-state index in [9.17, 15) is 9.90 Å². The summed E-state index contributed by atoms with van der Waals surface area (Å²) in [5.41, 5.74) is 4.01. The fourth-order valence-electron chi connectivity index (χ4n) is 4.85. The summed E-state index contributed by atoms with van der Waals surface area (Å²) in [6, 6.07) is 12.6. The molecular formula is C24H29N7O2. The number of pyridine rings is 2. The van der Waals surface area contributed by atoms with Crippen LogP contribution in [-0.2, 0) is 0 Å². The highest BCUT2D eigenvalue weighted by Crippen LogP contribution is 2.34. The van der Waals surface area contributed by atoms with Gasteiger partial charge in [0.2, 0.25) is 0 Å². The smallest absolute Gasteiger partial charge is 0.256 e. The quantitative estimate of drug-likeness (QED) is 0.371. The van der Waals surface area contributed by atoms with Crippen LogP contribution in [0.15, 0.2) is 36.4 Å². The van der Waals surface area contributed by atoms with Crippen LogP contribution < -0.4 is 20.9 Å². The summed E-state index contributed by atoms with van der Waals surface area (Å²) < 4.78 is 1.97. The predicted octanol–water partition coefficient (Wildman–Crippen LogP) is 1.99. The number of hydrogen-bond acceptors (Lipinski definition) is 7. The number of imidazole rings is 1. The van der Waals surface area contributed by atoms with Crippen LogP contribution in [-0.4, -0.2) is 70.8 Å². The number of amides is 1. The van der Waals surface area contributed by atoms with E-state index in [1.165, 1.54) is 0 Å². The van der Waals surface area contributed by atoms with E-state index in [0.717, 1.165) is 41.0 Å². The number of hydrogen-bond donors (Lipinski definition) is 4. The first-order chi connectivity index (χ1) is 16.0. The van der Waals surface area contributed by atoms with Gasteiger partial charge in [0.05, 0.1) is 23.3 Å². The van der Waals surface area contributed by atoms with Gasteiger partial charge in [-0.1, -0.05) is 12.1 Å². The van der Waals surface area contributed by atoms with Gasteiger partial charge in [-0.15, -0.1) is 0 Å². The molecule has 4 heterocycles. The summed E-state index contributed by atoms with van der Waals surface area (Å²) in [7, 11) is 1.61. The van der Waals surface area contributed by atoms with E-state index in [2.05, 4.69) is 34.7 Å². The maximum Gasteiger partial charge on any atom is 0.256 e. The molecule has 0 unspecified atom stereocenters. The molecule has 4 aromatic rings. The summed E-state index contributed by atoms with van der Waals surface area (Å²) >= 11 is 0. The lowest BCUT2D eigenvalue weighted by molar-refractivity contribution is 0.0965. The number of anilines is 2. The molecule has 0 spiro atoms. The molecule has 2 atom stereocenters. The third kappa shape index (κ3) is 3.63. The molecule has 1 aliphatic rings. The van der Waals surface area contributed by atoms with Gasteiger partial charge in [-0.3, -0.25) is 9.20 Å². The first-order valence-electron chi connectivity index (χ1n) is 11.3. The van der Waals surface area contributed by atoms with E-state index in [1.807, 2.05) is 40.8 Å². The standard InChI is InChI=1S/C24H29N7O2/c1-14-12-30(13-15(2)27-14)19-9-8-16-21(26-10-11-32)20(24(33)25-3)23-28-17-6-4-5-7-18(17)31(23)22(16)29-19/h4-9,14-15,26-27,32H,10-13H2,1-3H3,(H,25,33)/t14-,15+. The van der Waals surface area contributed by atoms with Crippen LogP contribution in [0.5, 0.6) is 0 Å². The Hall–Kier alpha value is -3.43. The zero-order chi connectivity index (χ0) is 23.1. The van der Waals surface area contributed by atoms with Gasteiger partial charge in [0.1, 0.15) is 11.4 Å². The summed E-state index contributed by atoms with van der Waals surface area (Å²) in [4.78, 5) is 25.2. The number of para-hydroxylation sites is 2. The molecule has 1 saturated heterocycles. The van der Waals surface area contributed by atoms with Crippen LogP contribution in [0, 0.1) is 0 Å². The molecule has 0 bridgehead atoms. The van der Waals surface area contributed by atoms with E-state index in [1.54, 1.807) is 7.05 Å². The molecule has 172 valence electrons. The minimum Gasteiger partial charge on any atom is -0.395 e. The molecule has 5 rings (SSSR count). The maximum absolute atomic E-state index is 13.0. The lowest BCUT2D eigenvalue weighted by Crippen LogP contribution is -2.54. The van der Waals surface area contributed by atoms with Crippen molar-refractivity contribution in [2.24, 2.45) is 0 Å². The van der Waals surface area contributed by atoms with E-state index in [4.69, 9.17) is 9.97 Å². The van der Waals surface area contributed by atoms with Crippen molar-refractivity contribution in [3.05, 3.63) is 42.0 Å². The van der Waals surface area contributed by atoms with Crippen molar-refractivity contribution < 1.29 is 9.90 Å². The van der Waals surface area contributed by atoms with Crippen molar-refractivity contribution in [3.63, 3.8) is 0 Å². The number of rotatable bonds is 5. The molecule has 9 nitrogen and oxygen atoms in total. The molecule has 0 aliphatic carbocycles. The molecule has 1 amide bonds. The number of carbonyl (C=O) groups is 1. The monoisotopic (exact) mass is 447 g/mol. The van der Waals surface area contributed by atoms with E-state index in [0.29, 0.717) is 35.5 Å². The fraction of sp³-hybridized carbons (Fsp3) is 0.375. The van der Waals surface area contributed by atoms with Gasteiger partial charge >= 0.3 is 0 Å². The van der Waals surface area contributed by atoms with Gasteiger partial charge < -0.3 is 26.0 Å². The van der Waals surface area contributed by atoms with Gasteiger partial charge in [0.25, 0.3) is 5.91 Å². The Morgan fingerprint density at radius 1 is 1.12 bits per heavy atom. The summed E-state index contributed by atoms with van der Waals surface area (Å²) in [6.07, 6.45) is 0. The normalized spacial score (nSPS) is 18.8. The molecule has 1 fully saturated rings. The van der Waals surface area contributed by atoms with Crippen LogP contribution in [0.2, 0.25) is 0 Å². The predicted molar refractivity (Wildman–Crippen MR) is 131 cm³/mol. The highest BCUT2D eigenvalue weighted by Gasteiger charge is 2.26. The topological polar surface area (TPSA) is 107 Å². The zero-order valence-corrected chi connectivity index (χ0v) is 19.1. The van der Waals surface area contributed by atoms with Crippen molar-refractivity contribution in [1.29, 1.82) is 0 Å². The third-order valence-corrected chi connectivity index (χ3v) is 6.13. The number of benzene rings is 1. The van der Waals surface area contributed by atoms with Crippen LogP contribution in [0.4, 0.5) is 11.5 Å². The van der Waals surface area contributed by atoms with Crippen molar-refractivity contribution in [2.45, 2.75) is 25.9 Å². The van der Waals surface area contributed by atoms with Crippen LogP contribution in [0.25, 0.3) is 27.7 Å². The zero-order valence-electron chi connectivity index (χ0n) is 19.1. The molecule has 3 aromatic heterocycles. The Labute approximate surface area is 191 Å². The van der Waals surface area contributed by atoms with E-state index >= 15 is 0 Å². The molecule has 0 saturated carbocycles. The number of carbonyl (C=O) groups excluding carboxylic acids is 1. The largest absolute Gasteiger partial charge is 0.395 e. The number of nitrogens with zero attached hydrogens (tertiary/aromatic N) is 4. The third-order valence-electron chi connectivity index (χ3n) is 6.13. The molecular weight excluding hydrogens is 418 g/mol. The number of nitrogens with one attached hydrogen (secondary N) is 3. The minimum absolute atomic E-state index is 0.0572. The number of piperazine rings is 1. The first kappa shape index (κ1) is 21.4. The molecule has 9 heteroatoms. The number of aliphatic hydroxyl groups excluding tert-OH is 1. The Balaban J connectivity index is 1.84. The summed E-state index contributed by atoms with van der Waals surface area (Å²) in [6.45, 7) is 6.34. The highest BCUT2D eigenvalue weighted by molar-refractivity contribution is 6.13. The SMILES string of the molecule is CNC(=O)c1c(NCCO)c2ccc(N3C[C@@H](C)N[C@@H](C)C3)nc2n2c1nc1ccccc12. The van der Waals surface area contributed by atoms with Gasteiger partial charge in [0, 0.05) is 44.2 Å². The first-order valence-corrected chi connectivity index (χ1v) is 11.3. The molecule has 1 aromatic carbocycles. The number of fused-ring (bicyclic) bond motifs is 5. The minimum atomic E-state index is -0.244. The van der Waals surface area contributed by atoms with Gasteiger partial charge in [0.15, 0.2) is 11.3 Å². The summed E-state index contributed by atoms with van der Waals surface area (Å²) in [5.74, 6) is 0.647. The lowest BCUT2D eigenvalue weighted by atomic mass is 10.1. The second kappa shape index (κ2) is 8.49. The van der Waals surface area contributed by atoms with Crippen molar-refractivity contribution in [1.82, 2.24) is 25.0 Å². The number of aliphatic hydroxyl groups is 1. The summed E-state index contributed by atoms with van der Waals surface area (Å²) in [5, 5.41) is 19.8. The molecule has 4 N–H and O–H groups in total. The number of aromatic nitrogens is 3.